The second-order valence-electron chi connectivity index (χ2n) is 4.34. The van der Waals surface area contributed by atoms with Gasteiger partial charge in [-0.3, -0.25) is 10.1 Å². The predicted octanol–water partition coefficient (Wildman–Crippen LogP) is 0.779. The summed E-state index contributed by atoms with van der Waals surface area (Å²) < 4.78 is 9.21. The van der Waals surface area contributed by atoms with Crippen molar-refractivity contribution in [2.45, 2.75) is 12.0 Å². The SMILES string of the molecule is COC(=O)C1=NOC(C(=O)OC)C1c1ccc([N+](=O)[O-])cc1. The zero-order chi connectivity index (χ0) is 16.3. The highest BCUT2D eigenvalue weighted by molar-refractivity contribution is 6.39. The lowest BCUT2D eigenvalue weighted by Crippen LogP contribution is -2.33. The number of hydrogen-bond acceptors (Lipinski definition) is 8. The van der Waals surface area contributed by atoms with Crippen molar-refractivity contribution >= 4 is 23.3 Å². The summed E-state index contributed by atoms with van der Waals surface area (Å²) in [6.07, 6.45) is -1.15. The summed E-state index contributed by atoms with van der Waals surface area (Å²) in [5.74, 6) is -2.33. The molecule has 22 heavy (non-hydrogen) atoms. The number of carbonyl (C=O) groups is 2. The summed E-state index contributed by atoms with van der Waals surface area (Å²) in [5.41, 5.74) is 0.225. The van der Waals surface area contributed by atoms with E-state index in [1.54, 1.807) is 0 Å². The van der Waals surface area contributed by atoms with E-state index in [4.69, 9.17) is 4.84 Å². The first-order valence-corrected chi connectivity index (χ1v) is 6.13. The summed E-state index contributed by atoms with van der Waals surface area (Å²) in [5, 5.41) is 14.3. The normalized spacial score (nSPS) is 19.8. The van der Waals surface area contributed by atoms with Crippen molar-refractivity contribution in [2.75, 3.05) is 14.2 Å². The van der Waals surface area contributed by atoms with Crippen LogP contribution in [0.4, 0.5) is 5.69 Å². The molecule has 1 aliphatic rings. The van der Waals surface area contributed by atoms with Crippen LogP contribution in [-0.4, -0.2) is 42.9 Å². The highest BCUT2D eigenvalue weighted by atomic mass is 16.7. The molecule has 0 N–H and O–H groups in total. The summed E-state index contributed by atoms with van der Waals surface area (Å²) in [7, 11) is 2.35. The second-order valence-corrected chi connectivity index (χ2v) is 4.34. The average molecular weight is 308 g/mol. The summed E-state index contributed by atoms with van der Waals surface area (Å²) >= 11 is 0. The molecule has 0 bridgehead atoms. The maximum atomic E-state index is 11.7. The number of nitro benzene ring substituents is 1. The zero-order valence-electron chi connectivity index (χ0n) is 11.7. The van der Waals surface area contributed by atoms with Crippen LogP contribution in [0, 0.1) is 10.1 Å². The van der Waals surface area contributed by atoms with Gasteiger partial charge in [0, 0.05) is 12.1 Å². The minimum Gasteiger partial charge on any atom is -0.466 e. The van der Waals surface area contributed by atoms with Crippen molar-refractivity contribution in [1.82, 2.24) is 0 Å². The standard InChI is InChI=1S/C13H12N2O7/c1-20-12(16)10-9(11(22-14-10)13(17)21-2)7-3-5-8(6-4-7)15(18)19/h3-6,9,11H,1-2H3. The molecule has 2 rings (SSSR count). The molecule has 1 aromatic carbocycles. The molecular formula is C13H12N2O7. The van der Waals surface area contributed by atoms with Crippen molar-refractivity contribution < 1.29 is 28.8 Å². The Morgan fingerprint density at radius 2 is 1.86 bits per heavy atom. The third kappa shape index (κ3) is 2.73. The number of carbonyl (C=O) groups excluding carboxylic acids is 2. The number of methoxy groups -OCH3 is 2. The molecule has 9 heteroatoms. The molecule has 9 nitrogen and oxygen atoms in total. The zero-order valence-corrected chi connectivity index (χ0v) is 11.7. The van der Waals surface area contributed by atoms with Gasteiger partial charge in [-0.25, -0.2) is 9.59 Å². The van der Waals surface area contributed by atoms with Crippen LogP contribution in [0.3, 0.4) is 0 Å². The maximum absolute atomic E-state index is 11.7. The van der Waals surface area contributed by atoms with Crippen LogP contribution >= 0.6 is 0 Å². The van der Waals surface area contributed by atoms with Gasteiger partial charge in [0.1, 0.15) is 0 Å². The number of oxime groups is 1. The van der Waals surface area contributed by atoms with E-state index < -0.39 is 28.9 Å². The average Bonchev–Trinajstić information content (AvgIpc) is 2.98. The Morgan fingerprint density at radius 3 is 2.36 bits per heavy atom. The molecule has 0 aliphatic carbocycles. The van der Waals surface area contributed by atoms with E-state index in [0.717, 1.165) is 0 Å². The van der Waals surface area contributed by atoms with Crippen LogP contribution in [0.5, 0.6) is 0 Å². The first-order valence-electron chi connectivity index (χ1n) is 6.13. The molecule has 0 amide bonds. The van der Waals surface area contributed by atoms with Gasteiger partial charge in [-0.2, -0.15) is 0 Å². The molecule has 0 radical (unpaired) electrons. The van der Waals surface area contributed by atoms with Crippen LogP contribution in [0.1, 0.15) is 11.5 Å². The molecule has 1 heterocycles. The van der Waals surface area contributed by atoms with Gasteiger partial charge in [0.25, 0.3) is 5.69 Å². The minimum absolute atomic E-state index is 0.105. The molecule has 0 saturated carbocycles. The quantitative estimate of drug-likeness (QED) is 0.458. The number of non-ortho nitro benzene ring substituents is 1. The molecule has 0 spiro atoms. The van der Waals surface area contributed by atoms with Crippen molar-refractivity contribution in [3.63, 3.8) is 0 Å². The smallest absolute Gasteiger partial charge is 0.356 e. The lowest BCUT2D eigenvalue weighted by atomic mass is 9.89. The van der Waals surface area contributed by atoms with Crippen molar-refractivity contribution in [3.05, 3.63) is 39.9 Å². The number of nitro groups is 1. The number of rotatable bonds is 4. The van der Waals surface area contributed by atoms with Crippen molar-refractivity contribution in [3.8, 4) is 0 Å². The highest BCUT2D eigenvalue weighted by Gasteiger charge is 2.45. The van der Waals surface area contributed by atoms with E-state index in [2.05, 4.69) is 14.6 Å². The fraction of sp³-hybridized carbons (Fsp3) is 0.308. The molecule has 0 aromatic heterocycles. The third-order valence-corrected chi connectivity index (χ3v) is 3.15. The number of nitrogens with zero attached hydrogens (tertiary/aromatic N) is 2. The fourth-order valence-corrected chi connectivity index (χ4v) is 2.07. The van der Waals surface area contributed by atoms with E-state index >= 15 is 0 Å². The summed E-state index contributed by atoms with van der Waals surface area (Å²) in [6.45, 7) is 0. The van der Waals surface area contributed by atoms with Crippen LogP contribution in [0.15, 0.2) is 29.4 Å². The topological polar surface area (TPSA) is 117 Å². The molecule has 116 valence electrons. The van der Waals surface area contributed by atoms with Gasteiger partial charge >= 0.3 is 11.9 Å². The van der Waals surface area contributed by atoms with Gasteiger partial charge in [0.15, 0.2) is 5.71 Å². The number of esters is 2. The van der Waals surface area contributed by atoms with Gasteiger partial charge in [-0.15, -0.1) is 0 Å². The lowest BCUT2D eigenvalue weighted by Gasteiger charge is -2.16. The Labute approximate surface area is 124 Å². The Hall–Kier alpha value is -2.97. The van der Waals surface area contributed by atoms with Crippen LogP contribution < -0.4 is 0 Å². The molecular weight excluding hydrogens is 296 g/mol. The summed E-state index contributed by atoms with van der Waals surface area (Å²) in [6, 6.07) is 5.37. The molecule has 2 atom stereocenters. The fourth-order valence-electron chi connectivity index (χ4n) is 2.07. The van der Waals surface area contributed by atoms with E-state index in [1.807, 2.05) is 0 Å². The van der Waals surface area contributed by atoms with E-state index in [1.165, 1.54) is 38.5 Å². The van der Waals surface area contributed by atoms with E-state index in [9.17, 15) is 19.7 Å². The van der Waals surface area contributed by atoms with Crippen molar-refractivity contribution in [2.24, 2.45) is 5.16 Å². The minimum atomic E-state index is -1.15. The van der Waals surface area contributed by atoms with Gasteiger partial charge in [0.2, 0.25) is 6.10 Å². The third-order valence-electron chi connectivity index (χ3n) is 3.15. The van der Waals surface area contributed by atoms with Crippen molar-refractivity contribution in [1.29, 1.82) is 0 Å². The van der Waals surface area contributed by atoms with Crippen LogP contribution in [0.25, 0.3) is 0 Å². The van der Waals surface area contributed by atoms with Crippen LogP contribution in [-0.2, 0) is 23.9 Å². The first-order chi connectivity index (χ1) is 10.5. The Bertz CT molecular complexity index is 638. The molecule has 2 unspecified atom stereocenters. The van der Waals surface area contributed by atoms with Crippen LogP contribution in [0.2, 0.25) is 0 Å². The summed E-state index contributed by atoms with van der Waals surface area (Å²) in [4.78, 5) is 38.6. The Kier molecular flexibility index (Phi) is 4.35. The Balaban J connectivity index is 2.39. The van der Waals surface area contributed by atoms with E-state index in [0.29, 0.717) is 5.56 Å². The molecule has 1 aliphatic heterocycles. The van der Waals surface area contributed by atoms with Gasteiger partial charge in [-0.05, 0) is 5.56 Å². The maximum Gasteiger partial charge on any atom is 0.356 e. The second kappa shape index (κ2) is 6.20. The predicted molar refractivity (Wildman–Crippen MR) is 72.2 cm³/mol. The molecule has 1 aromatic rings. The van der Waals surface area contributed by atoms with Gasteiger partial charge in [0.05, 0.1) is 25.1 Å². The molecule has 0 fully saturated rings. The van der Waals surface area contributed by atoms with E-state index in [-0.39, 0.29) is 11.4 Å². The number of hydrogen-bond donors (Lipinski definition) is 0. The van der Waals surface area contributed by atoms with Gasteiger partial charge < -0.3 is 14.3 Å². The first kappa shape index (κ1) is 15.4. The van der Waals surface area contributed by atoms with Gasteiger partial charge in [-0.1, -0.05) is 17.3 Å². The lowest BCUT2D eigenvalue weighted by molar-refractivity contribution is -0.384. The molecule has 0 saturated heterocycles. The highest BCUT2D eigenvalue weighted by Crippen LogP contribution is 2.31. The number of benzene rings is 1. The largest absolute Gasteiger partial charge is 0.466 e. The Morgan fingerprint density at radius 1 is 1.23 bits per heavy atom. The number of ether oxygens (including phenoxy) is 2. The monoisotopic (exact) mass is 308 g/mol.